The average molecular weight is 248 g/mol. The van der Waals surface area contributed by atoms with Crippen LogP contribution in [-0.2, 0) is 15.1 Å². The molecule has 0 amide bonds. The first kappa shape index (κ1) is 12.3. The lowest BCUT2D eigenvalue weighted by molar-refractivity contribution is 0.0597. The third kappa shape index (κ3) is 3.11. The maximum absolute atomic E-state index is 11.0. The van der Waals surface area contributed by atoms with Gasteiger partial charge in [0.05, 0.1) is 7.11 Å². The highest BCUT2D eigenvalue weighted by Crippen LogP contribution is 2.24. The van der Waals surface area contributed by atoms with E-state index in [4.69, 9.17) is 4.55 Å². The number of hydrogen-bond donors (Lipinski definition) is 2. The first-order chi connectivity index (χ1) is 7.33. The molecule has 0 atom stereocenters. The summed E-state index contributed by atoms with van der Waals surface area (Å²) in [6.07, 6.45) is 0. The van der Waals surface area contributed by atoms with Crippen LogP contribution in [0.1, 0.15) is 10.4 Å². The highest BCUT2D eigenvalue weighted by atomic mass is 32.3. The van der Waals surface area contributed by atoms with E-state index in [0.717, 1.165) is 25.3 Å². The highest BCUT2D eigenvalue weighted by molar-refractivity contribution is 7.81. The maximum Gasteiger partial charge on any atom is 0.446 e. The third-order valence-corrected chi connectivity index (χ3v) is 1.98. The minimum Gasteiger partial charge on any atom is -0.507 e. The summed E-state index contributed by atoms with van der Waals surface area (Å²) in [7, 11) is -3.53. The van der Waals surface area contributed by atoms with E-state index in [2.05, 4.69) is 8.92 Å². The number of esters is 1. The third-order valence-electron chi connectivity index (χ3n) is 1.58. The predicted molar refractivity (Wildman–Crippen MR) is 51.6 cm³/mol. The number of ether oxygens (including phenoxy) is 1. The van der Waals surface area contributed by atoms with Crippen molar-refractivity contribution in [1.82, 2.24) is 0 Å². The zero-order valence-electron chi connectivity index (χ0n) is 8.08. The van der Waals surface area contributed by atoms with Crippen molar-refractivity contribution in [2.24, 2.45) is 0 Å². The van der Waals surface area contributed by atoms with Crippen molar-refractivity contribution in [3.63, 3.8) is 0 Å². The van der Waals surface area contributed by atoms with Gasteiger partial charge in [-0.25, -0.2) is 4.79 Å². The molecule has 0 saturated heterocycles. The summed E-state index contributed by atoms with van der Waals surface area (Å²) in [5.74, 6) is -1.63. The van der Waals surface area contributed by atoms with E-state index in [-0.39, 0.29) is 11.3 Å². The molecule has 1 aromatic rings. The Morgan fingerprint density at radius 2 is 2.00 bits per heavy atom. The lowest BCUT2D eigenvalue weighted by Gasteiger charge is -2.05. The van der Waals surface area contributed by atoms with Gasteiger partial charge in [0, 0.05) is 6.07 Å². The van der Waals surface area contributed by atoms with Crippen LogP contribution in [0.25, 0.3) is 0 Å². The molecule has 0 bridgehead atoms. The predicted octanol–water partition coefficient (Wildman–Crippen LogP) is 0.360. The molecule has 0 spiro atoms. The smallest absolute Gasteiger partial charge is 0.446 e. The van der Waals surface area contributed by atoms with E-state index >= 15 is 0 Å². The minimum absolute atomic E-state index is 0.148. The molecule has 2 N–H and O–H groups in total. The van der Waals surface area contributed by atoms with Crippen molar-refractivity contribution < 1.29 is 31.8 Å². The van der Waals surface area contributed by atoms with Gasteiger partial charge in [-0.05, 0) is 12.1 Å². The molecule has 0 unspecified atom stereocenters. The summed E-state index contributed by atoms with van der Waals surface area (Å²) < 4.78 is 37.5. The van der Waals surface area contributed by atoms with E-state index in [9.17, 15) is 18.3 Å². The number of benzene rings is 1. The standard InChI is InChI=1S/C8H8O7S/c1-14-8(10)6-3-2-5(4-7(6)9)15-16(11,12)13/h2-4,9H,1H3,(H,11,12,13). The van der Waals surface area contributed by atoms with Crippen LogP contribution in [0.4, 0.5) is 0 Å². The van der Waals surface area contributed by atoms with Gasteiger partial charge in [-0.15, -0.1) is 0 Å². The van der Waals surface area contributed by atoms with Gasteiger partial charge in [-0.2, -0.15) is 8.42 Å². The number of aromatic hydroxyl groups is 1. The molecule has 0 aliphatic rings. The van der Waals surface area contributed by atoms with Crippen molar-refractivity contribution in [1.29, 1.82) is 0 Å². The zero-order valence-corrected chi connectivity index (χ0v) is 8.89. The molecule has 0 saturated carbocycles. The number of phenolic OH excluding ortho intramolecular Hbond substituents is 1. The molecule has 0 aliphatic carbocycles. The number of phenols is 1. The zero-order chi connectivity index (χ0) is 12.3. The first-order valence-corrected chi connectivity index (χ1v) is 5.28. The van der Waals surface area contributed by atoms with Gasteiger partial charge >= 0.3 is 16.4 Å². The number of carbonyl (C=O) groups excluding carboxylic acids is 1. The Morgan fingerprint density at radius 3 is 2.44 bits per heavy atom. The Kier molecular flexibility index (Phi) is 3.35. The highest BCUT2D eigenvalue weighted by Gasteiger charge is 2.14. The fourth-order valence-corrected chi connectivity index (χ4v) is 1.31. The number of carbonyl (C=O) groups is 1. The molecule has 1 rings (SSSR count). The minimum atomic E-state index is -4.66. The summed E-state index contributed by atoms with van der Waals surface area (Å²) in [6, 6.07) is 3.04. The van der Waals surface area contributed by atoms with Crippen LogP contribution in [0, 0.1) is 0 Å². The second-order valence-corrected chi connectivity index (χ2v) is 3.70. The van der Waals surface area contributed by atoms with Crippen molar-refractivity contribution in [3.05, 3.63) is 23.8 Å². The van der Waals surface area contributed by atoms with Crippen LogP contribution >= 0.6 is 0 Å². The van der Waals surface area contributed by atoms with Crippen molar-refractivity contribution in [2.45, 2.75) is 0 Å². The van der Waals surface area contributed by atoms with Gasteiger partial charge in [-0.1, -0.05) is 0 Å². The van der Waals surface area contributed by atoms with E-state index in [1.807, 2.05) is 0 Å². The van der Waals surface area contributed by atoms with E-state index < -0.39 is 22.1 Å². The summed E-state index contributed by atoms with van der Waals surface area (Å²) in [5.41, 5.74) is -0.148. The summed E-state index contributed by atoms with van der Waals surface area (Å²) in [4.78, 5) is 11.0. The number of rotatable bonds is 3. The lowest BCUT2D eigenvalue weighted by Crippen LogP contribution is -2.07. The largest absolute Gasteiger partial charge is 0.507 e. The fraction of sp³-hybridized carbons (Fsp3) is 0.125. The molecule has 8 heteroatoms. The summed E-state index contributed by atoms with van der Waals surface area (Å²) in [6.45, 7) is 0. The van der Waals surface area contributed by atoms with E-state index in [0.29, 0.717) is 0 Å². The van der Waals surface area contributed by atoms with E-state index in [1.54, 1.807) is 0 Å². The van der Waals surface area contributed by atoms with Crippen molar-refractivity contribution in [2.75, 3.05) is 7.11 Å². The van der Waals surface area contributed by atoms with Crippen LogP contribution in [-0.4, -0.2) is 31.2 Å². The molecule has 0 radical (unpaired) electrons. The maximum atomic E-state index is 11.0. The lowest BCUT2D eigenvalue weighted by atomic mass is 10.2. The Hall–Kier alpha value is -1.80. The molecule has 16 heavy (non-hydrogen) atoms. The normalized spacial score (nSPS) is 10.9. The molecule has 0 aliphatic heterocycles. The Bertz CT molecular complexity index is 505. The number of hydrogen-bond acceptors (Lipinski definition) is 6. The first-order valence-electron chi connectivity index (χ1n) is 3.91. The van der Waals surface area contributed by atoms with Gasteiger partial charge in [0.25, 0.3) is 0 Å². The second-order valence-electron chi connectivity index (χ2n) is 2.68. The Labute approximate surface area is 91.2 Å². The topological polar surface area (TPSA) is 110 Å². The van der Waals surface area contributed by atoms with Crippen LogP contribution in [0.5, 0.6) is 11.5 Å². The molecule has 0 heterocycles. The second kappa shape index (κ2) is 4.37. The monoisotopic (exact) mass is 248 g/mol. The molecule has 7 nitrogen and oxygen atoms in total. The van der Waals surface area contributed by atoms with Gasteiger partial charge in [0.1, 0.15) is 17.1 Å². The Morgan fingerprint density at radius 1 is 1.38 bits per heavy atom. The van der Waals surface area contributed by atoms with Crippen LogP contribution < -0.4 is 4.18 Å². The molecule has 0 aromatic heterocycles. The number of methoxy groups -OCH3 is 1. The quantitative estimate of drug-likeness (QED) is 0.586. The van der Waals surface area contributed by atoms with Gasteiger partial charge < -0.3 is 14.0 Å². The molecule has 88 valence electrons. The van der Waals surface area contributed by atoms with Crippen molar-refractivity contribution >= 4 is 16.4 Å². The molecular formula is C8H8O7S. The summed E-state index contributed by atoms with van der Waals surface area (Å²) in [5, 5.41) is 9.33. The molecule has 0 fully saturated rings. The van der Waals surface area contributed by atoms with Gasteiger partial charge in [-0.3, -0.25) is 4.55 Å². The van der Waals surface area contributed by atoms with Crippen LogP contribution in [0.3, 0.4) is 0 Å². The SMILES string of the molecule is COC(=O)c1ccc(OS(=O)(=O)O)cc1O. The van der Waals surface area contributed by atoms with E-state index in [1.165, 1.54) is 0 Å². The molecular weight excluding hydrogens is 240 g/mol. The van der Waals surface area contributed by atoms with Gasteiger partial charge in [0.15, 0.2) is 0 Å². The van der Waals surface area contributed by atoms with Crippen LogP contribution in [0.15, 0.2) is 18.2 Å². The molecule has 1 aromatic carbocycles. The van der Waals surface area contributed by atoms with Crippen LogP contribution in [0.2, 0.25) is 0 Å². The van der Waals surface area contributed by atoms with Gasteiger partial charge in [0.2, 0.25) is 0 Å². The fourth-order valence-electron chi connectivity index (χ4n) is 0.967. The van der Waals surface area contributed by atoms with Crippen molar-refractivity contribution in [3.8, 4) is 11.5 Å². The Balaban J connectivity index is 3.05. The summed E-state index contributed by atoms with van der Waals surface area (Å²) >= 11 is 0. The average Bonchev–Trinajstić information content (AvgIpc) is 2.14.